The van der Waals surface area contributed by atoms with Crippen LogP contribution in [0.25, 0.3) is 0 Å². The Hall–Kier alpha value is 0.557. The minimum atomic E-state index is -2.72. The molecule has 2 saturated carbocycles. The predicted molar refractivity (Wildman–Crippen MR) is 77.2 cm³/mol. The molecule has 0 aromatic carbocycles. The Bertz CT molecular complexity index is 348. The van der Waals surface area contributed by atoms with E-state index in [2.05, 4.69) is 0 Å². The van der Waals surface area contributed by atoms with Gasteiger partial charge in [-0.05, 0) is 57.4 Å². The summed E-state index contributed by atoms with van der Waals surface area (Å²) in [5, 5.41) is 0. The molecule has 0 aromatic heterocycles. The summed E-state index contributed by atoms with van der Waals surface area (Å²) in [7, 11) is 0. The first-order valence-corrected chi connectivity index (χ1v) is 11.5. The van der Waals surface area contributed by atoms with Gasteiger partial charge in [0.2, 0.25) is 0 Å². The Labute approximate surface area is 123 Å². The van der Waals surface area contributed by atoms with Crippen LogP contribution in [0.5, 0.6) is 0 Å². The van der Waals surface area contributed by atoms with E-state index in [-0.39, 0.29) is 23.3 Å². The number of rotatable bonds is 2. The van der Waals surface area contributed by atoms with Crippen LogP contribution in [-0.2, 0) is 9.53 Å². The van der Waals surface area contributed by atoms with E-state index >= 15 is 0 Å². The summed E-state index contributed by atoms with van der Waals surface area (Å²) >= 11 is 18.5. The Balaban J connectivity index is 2.06. The summed E-state index contributed by atoms with van der Waals surface area (Å²) in [6.07, 6.45) is 2.91. The lowest BCUT2D eigenvalue weighted by molar-refractivity contribution is -0.161. The molecule has 2 fully saturated rings. The van der Waals surface area contributed by atoms with Gasteiger partial charge in [-0.2, -0.15) is 0 Å². The van der Waals surface area contributed by atoms with E-state index in [0.29, 0.717) is 5.92 Å². The second kappa shape index (κ2) is 4.83. The molecule has 2 bridgehead atoms. The molecule has 0 aromatic rings. The number of fused-ring (bicyclic) bond motifs is 2. The number of carbonyl (C=O) groups excluding carboxylic acids is 1. The summed E-state index contributed by atoms with van der Waals surface area (Å²) in [5.41, 5.74) is -0.315. The van der Waals surface area contributed by atoms with Crippen molar-refractivity contribution < 1.29 is 9.53 Å². The molecule has 0 radical (unpaired) electrons. The molecular formula is C12H19Cl3O2Si. The van der Waals surface area contributed by atoms with E-state index in [1.54, 1.807) is 0 Å². The van der Waals surface area contributed by atoms with E-state index in [9.17, 15) is 4.79 Å². The number of carbonyl (C=O) groups is 1. The Kier molecular flexibility index (Phi) is 4.02. The van der Waals surface area contributed by atoms with E-state index < -0.39 is 11.6 Å². The van der Waals surface area contributed by atoms with Crippen molar-refractivity contribution in [3.63, 3.8) is 0 Å². The van der Waals surface area contributed by atoms with Gasteiger partial charge >= 0.3 is 12.0 Å². The molecule has 4 unspecified atom stereocenters. The molecule has 0 saturated heterocycles. The molecule has 2 aliphatic rings. The van der Waals surface area contributed by atoms with Crippen molar-refractivity contribution in [1.29, 1.82) is 0 Å². The smallest absolute Gasteiger partial charge is 0.344 e. The molecular weight excluding hydrogens is 311 g/mol. The normalized spacial score (nSPS) is 35.9. The van der Waals surface area contributed by atoms with Crippen molar-refractivity contribution in [2.45, 2.75) is 51.2 Å². The van der Waals surface area contributed by atoms with E-state index in [4.69, 9.17) is 38.0 Å². The Morgan fingerprint density at radius 1 is 1.17 bits per heavy atom. The zero-order valence-electron chi connectivity index (χ0n) is 10.9. The van der Waals surface area contributed by atoms with E-state index in [1.165, 1.54) is 0 Å². The van der Waals surface area contributed by atoms with Crippen molar-refractivity contribution in [2.24, 2.45) is 17.8 Å². The average molecular weight is 330 g/mol. The molecule has 104 valence electrons. The summed E-state index contributed by atoms with van der Waals surface area (Å²) in [6, 6.07) is -2.72. The van der Waals surface area contributed by atoms with Crippen molar-refractivity contribution in [3.05, 3.63) is 0 Å². The van der Waals surface area contributed by atoms with Crippen LogP contribution in [0.4, 0.5) is 0 Å². The van der Waals surface area contributed by atoms with Gasteiger partial charge in [-0.25, -0.2) is 0 Å². The first-order chi connectivity index (χ1) is 8.08. The summed E-state index contributed by atoms with van der Waals surface area (Å²) in [5.74, 6) is 0.601. The van der Waals surface area contributed by atoms with E-state index in [0.717, 1.165) is 19.3 Å². The first-order valence-electron chi connectivity index (χ1n) is 6.37. The number of ether oxygens (including phenoxy) is 1. The molecule has 4 atom stereocenters. The van der Waals surface area contributed by atoms with Crippen molar-refractivity contribution in [2.75, 3.05) is 0 Å². The van der Waals surface area contributed by atoms with Gasteiger partial charge in [0.05, 0.1) is 5.92 Å². The monoisotopic (exact) mass is 328 g/mol. The second-order valence-electron chi connectivity index (χ2n) is 6.53. The van der Waals surface area contributed by atoms with Crippen LogP contribution in [0, 0.1) is 17.8 Å². The lowest BCUT2D eigenvalue weighted by Crippen LogP contribution is -2.36. The maximum absolute atomic E-state index is 12.2. The maximum Gasteiger partial charge on any atom is 0.344 e. The van der Waals surface area contributed by atoms with Crippen molar-refractivity contribution in [3.8, 4) is 0 Å². The van der Waals surface area contributed by atoms with Crippen LogP contribution in [0.15, 0.2) is 0 Å². The third-order valence-corrected chi connectivity index (χ3v) is 7.97. The third-order valence-electron chi connectivity index (χ3n) is 3.94. The summed E-state index contributed by atoms with van der Waals surface area (Å²) < 4.78 is 5.48. The quantitative estimate of drug-likeness (QED) is 0.426. The van der Waals surface area contributed by atoms with Gasteiger partial charge in [0, 0.05) is 0 Å². The predicted octanol–water partition coefficient (Wildman–Crippen LogP) is 4.40. The van der Waals surface area contributed by atoms with Gasteiger partial charge in [0.1, 0.15) is 5.60 Å². The van der Waals surface area contributed by atoms with Crippen LogP contribution < -0.4 is 0 Å². The molecule has 0 spiro atoms. The average Bonchev–Trinajstić information content (AvgIpc) is 2.71. The zero-order chi connectivity index (χ0) is 13.7. The number of halogens is 3. The molecule has 2 nitrogen and oxygen atoms in total. The van der Waals surface area contributed by atoms with Gasteiger partial charge in [-0.3, -0.25) is 4.79 Å². The minimum absolute atomic E-state index is 0.0592. The standard InChI is InChI=1S/C12H19Cl3O2Si/c1-12(2,3)17-11(16)9-5-7-4-8(9)10(6-7)18(13,14)15/h7-10H,4-6H2,1-3H3. The summed E-state index contributed by atoms with van der Waals surface area (Å²) in [4.78, 5) is 12.2. The lowest BCUT2D eigenvalue weighted by Gasteiger charge is -2.32. The molecule has 0 heterocycles. The van der Waals surface area contributed by atoms with Crippen molar-refractivity contribution >= 4 is 45.2 Å². The van der Waals surface area contributed by atoms with Gasteiger partial charge < -0.3 is 4.74 Å². The lowest BCUT2D eigenvalue weighted by atomic mass is 9.88. The summed E-state index contributed by atoms with van der Waals surface area (Å²) in [6.45, 7) is 5.66. The maximum atomic E-state index is 12.2. The van der Waals surface area contributed by atoms with Crippen LogP contribution >= 0.6 is 33.2 Å². The number of hydrogen-bond acceptors (Lipinski definition) is 2. The highest BCUT2D eigenvalue weighted by Gasteiger charge is 2.57. The Morgan fingerprint density at radius 3 is 2.22 bits per heavy atom. The van der Waals surface area contributed by atoms with Crippen molar-refractivity contribution in [1.82, 2.24) is 0 Å². The molecule has 0 N–H and O–H groups in total. The fourth-order valence-electron chi connectivity index (χ4n) is 3.38. The molecule has 2 rings (SSSR count). The van der Waals surface area contributed by atoms with Gasteiger partial charge in [0.15, 0.2) is 0 Å². The fraction of sp³-hybridized carbons (Fsp3) is 0.917. The highest BCUT2D eigenvalue weighted by molar-refractivity contribution is 7.65. The van der Waals surface area contributed by atoms with Gasteiger partial charge in [-0.1, -0.05) is 0 Å². The molecule has 18 heavy (non-hydrogen) atoms. The van der Waals surface area contributed by atoms with Crippen LogP contribution in [0.2, 0.25) is 5.54 Å². The first kappa shape index (κ1) is 15.0. The fourth-order valence-corrected chi connectivity index (χ4v) is 7.09. The van der Waals surface area contributed by atoms with Crippen LogP contribution in [0.1, 0.15) is 40.0 Å². The van der Waals surface area contributed by atoms with Crippen LogP contribution in [-0.4, -0.2) is 17.6 Å². The third kappa shape index (κ3) is 3.17. The molecule has 2 aliphatic carbocycles. The number of esters is 1. The van der Waals surface area contributed by atoms with Gasteiger partial charge in [0.25, 0.3) is 0 Å². The SMILES string of the molecule is CC(C)(C)OC(=O)C1CC2CC1C([Si](Cl)(Cl)Cl)C2. The second-order valence-corrected chi connectivity index (χ2v) is 15.5. The van der Waals surface area contributed by atoms with E-state index in [1.807, 2.05) is 20.8 Å². The van der Waals surface area contributed by atoms with Crippen LogP contribution in [0.3, 0.4) is 0 Å². The molecule has 0 amide bonds. The highest BCUT2D eigenvalue weighted by Crippen LogP contribution is 2.60. The van der Waals surface area contributed by atoms with Gasteiger partial charge in [-0.15, -0.1) is 33.2 Å². The molecule has 0 aliphatic heterocycles. The topological polar surface area (TPSA) is 26.3 Å². The molecule has 6 heteroatoms. The highest BCUT2D eigenvalue weighted by atomic mass is 35.8. The zero-order valence-corrected chi connectivity index (χ0v) is 14.1. The largest absolute Gasteiger partial charge is 0.460 e. The number of hydrogen-bond donors (Lipinski definition) is 0. The Morgan fingerprint density at radius 2 is 1.78 bits per heavy atom. The minimum Gasteiger partial charge on any atom is -0.460 e.